The first kappa shape index (κ1) is 29.8. The van der Waals surface area contributed by atoms with E-state index in [1.165, 1.54) is 11.1 Å². The third kappa shape index (κ3) is 7.22. The smallest absolute Gasteiger partial charge is 0.315 e. The Balaban J connectivity index is 1.31. The van der Waals surface area contributed by atoms with Crippen molar-refractivity contribution >= 4 is 6.03 Å². The van der Waals surface area contributed by atoms with Crippen LogP contribution in [0.5, 0.6) is 11.5 Å². The van der Waals surface area contributed by atoms with Gasteiger partial charge in [0.2, 0.25) is 0 Å². The Hall–Kier alpha value is -3.63. The van der Waals surface area contributed by atoms with Crippen LogP contribution >= 0.6 is 0 Å². The molecule has 9 heteroatoms. The van der Waals surface area contributed by atoms with Crippen molar-refractivity contribution in [1.82, 2.24) is 15.5 Å². The maximum atomic E-state index is 11.8. The zero-order valence-electron chi connectivity index (χ0n) is 24.6. The number of benzene rings is 3. The van der Waals surface area contributed by atoms with Gasteiger partial charge in [-0.1, -0.05) is 48.5 Å². The van der Waals surface area contributed by atoms with Crippen molar-refractivity contribution in [3.63, 3.8) is 0 Å². The maximum absolute atomic E-state index is 11.8. The SMILES string of the molecule is CCNC(=O)NCc1ccc(C2O[C@H](CN3CCc4cc(OC)c(OC)cc4C3)C[C@H](c3ccc(CO)cc3)O2)cc1. The summed E-state index contributed by atoms with van der Waals surface area (Å²) >= 11 is 0. The molecule has 3 N–H and O–H groups in total. The van der Waals surface area contributed by atoms with Gasteiger partial charge >= 0.3 is 6.03 Å². The molecule has 0 radical (unpaired) electrons. The molecule has 1 saturated heterocycles. The van der Waals surface area contributed by atoms with Gasteiger partial charge in [0.25, 0.3) is 0 Å². The van der Waals surface area contributed by atoms with Crippen molar-refractivity contribution in [1.29, 1.82) is 0 Å². The molecule has 9 nitrogen and oxygen atoms in total. The summed E-state index contributed by atoms with van der Waals surface area (Å²) in [4.78, 5) is 14.2. The van der Waals surface area contributed by atoms with Gasteiger partial charge in [0.05, 0.1) is 33.0 Å². The van der Waals surface area contributed by atoms with Gasteiger partial charge in [0.15, 0.2) is 17.8 Å². The fourth-order valence-electron chi connectivity index (χ4n) is 5.62. The zero-order chi connectivity index (χ0) is 29.5. The number of carbonyl (C=O) groups is 1. The van der Waals surface area contributed by atoms with E-state index < -0.39 is 6.29 Å². The van der Waals surface area contributed by atoms with Gasteiger partial charge in [0, 0.05) is 44.7 Å². The van der Waals surface area contributed by atoms with Gasteiger partial charge in [-0.2, -0.15) is 0 Å². The standard InChI is InChI=1S/C33H41N3O6/c1-4-34-33(38)35-18-22-5-11-25(12-6-22)32-41-28(17-29(42-32)24-9-7-23(21-37)8-10-24)20-36-14-13-26-15-30(39-2)31(40-3)16-27(26)19-36/h5-12,15-16,28-29,32,37H,4,13-14,17-21H2,1-3H3,(H2,34,35,38)/t28-,29+,32?/m0/s1. The van der Waals surface area contributed by atoms with Crippen LogP contribution < -0.4 is 20.1 Å². The first-order chi connectivity index (χ1) is 20.5. The molecule has 224 valence electrons. The summed E-state index contributed by atoms with van der Waals surface area (Å²) in [6, 6.07) is 19.9. The van der Waals surface area contributed by atoms with E-state index >= 15 is 0 Å². The molecule has 3 aromatic rings. The number of amides is 2. The third-order valence-electron chi connectivity index (χ3n) is 7.92. The van der Waals surface area contributed by atoms with Gasteiger partial charge in [-0.3, -0.25) is 4.90 Å². The number of nitrogens with zero attached hydrogens (tertiary/aromatic N) is 1. The fraction of sp³-hybridized carbons (Fsp3) is 0.424. The van der Waals surface area contributed by atoms with Crippen LogP contribution in [0.3, 0.4) is 0 Å². The van der Waals surface area contributed by atoms with E-state index in [-0.39, 0.29) is 24.8 Å². The summed E-state index contributed by atoms with van der Waals surface area (Å²) in [5.74, 6) is 1.51. The number of ether oxygens (including phenoxy) is 4. The molecule has 0 aromatic heterocycles. The quantitative estimate of drug-likeness (QED) is 0.324. The number of methoxy groups -OCH3 is 2. The van der Waals surface area contributed by atoms with Gasteiger partial charge in [-0.15, -0.1) is 0 Å². The molecular weight excluding hydrogens is 534 g/mol. The topological polar surface area (TPSA) is 102 Å². The number of aliphatic hydroxyl groups is 1. The van der Waals surface area contributed by atoms with Crippen LogP contribution in [0, 0.1) is 0 Å². The van der Waals surface area contributed by atoms with Crippen molar-refractivity contribution in [2.24, 2.45) is 0 Å². The number of hydrogen-bond donors (Lipinski definition) is 3. The van der Waals surface area contributed by atoms with Gasteiger partial charge < -0.3 is 34.7 Å². The number of rotatable bonds is 10. The minimum absolute atomic E-state index is 0.00850. The van der Waals surface area contributed by atoms with Gasteiger partial charge in [0.1, 0.15) is 0 Å². The average Bonchev–Trinajstić information content (AvgIpc) is 3.03. The van der Waals surface area contributed by atoms with E-state index in [9.17, 15) is 9.90 Å². The van der Waals surface area contributed by atoms with E-state index in [1.807, 2.05) is 55.5 Å². The fourth-order valence-corrected chi connectivity index (χ4v) is 5.62. The normalized spacial score (nSPS) is 20.4. The second-order valence-corrected chi connectivity index (χ2v) is 10.8. The number of aliphatic hydroxyl groups excluding tert-OH is 1. The largest absolute Gasteiger partial charge is 0.493 e. The minimum Gasteiger partial charge on any atom is -0.493 e. The van der Waals surface area contributed by atoms with Crippen molar-refractivity contribution in [3.8, 4) is 11.5 Å². The molecule has 3 aromatic carbocycles. The summed E-state index contributed by atoms with van der Waals surface area (Å²) in [6.07, 6.45) is 0.922. The molecule has 42 heavy (non-hydrogen) atoms. The Kier molecular flexibility index (Phi) is 9.97. The van der Waals surface area contributed by atoms with Crippen molar-refractivity contribution in [2.45, 2.75) is 58.0 Å². The summed E-state index contributed by atoms with van der Waals surface area (Å²) < 4.78 is 24.2. The minimum atomic E-state index is -0.530. The van der Waals surface area contributed by atoms with Crippen LogP contribution in [-0.4, -0.2) is 56.0 Å². The van der Waals surface area contributed by atoms with E-state index in [1.54, 1.807) is 14.2 Å². The molecule has 3 atom stereocenters. The second kappa shape index (κ2) is 14.0. The van der Waals surface area contributed by atoms with E-state index in [2.05, 4.69) is 27.7 Å². The highest BCUT2D eigenvalue weighted by Gasteiger charge is 2.34. The van der Waals surface area contributed by atoms with Crippen LogP contribution in [-0.2, 0) is 35.6 Å². The Morgan fingerprint density at radius 1 is 0.929 bits per heavy atom. The molecule has 2 amide bonds. The van der Waals surface area contributed by atoms with Crippen molar-refractivity contribution < 1.29 is 28.8 Å². The number of nitrogens with one attached hydrogen (secondary N) is 2. The average molecular weight is 576 g/mol. The predicted molar refractivity (Wildman–Crippen MR) is 159 cm³/mol. The van der Waals surface area contributed by atoms with Crippen LogP contribution in [0.1, 0.15) is 59.1 Å². The number of carbonyl (C=O) groups excluding carboxylic acids is 1. The highest BCUT2D eigenvalue weighted by molar-refractivity contribution is 5.73. The summed E-state index contributed by atoms with van der Waals surface area (Å²) in [5.41, 5.74) is 6.39. The summed E-state index contributed by atoms with van der Waals surface area (Å²) in [6.45, 7) is 5.43. The summed E-state index contributed by atoms with van der Waals surface area (Å²) in [5, 5.41) is 15.1. The van der Waals surface area contributed by atoms with Gasteiger partial charge in [-0.25, -0.2) is 4.79 Å². The van der Waals surface area contributed by atoms with E-state index in [0.29, 0.717) is 13.1 Å². The van der Waals surface area contributed by atoms with E-state index in [4.69, 9.17) is 18.9 Å². The third-order valence-corrected chi connectivity index (χ3v) is 7.92. The lowest BCUT2D eigenvalue weighted by Gasteiger charge is -2.39. The Morgan fingerprint density at radius 2 is 1.60 bits per heavy atom. The Bertz CT molecular complexity index is 1330. The highest BCUT2D eigenvalue weighted by atomic mass is 16.7. The zero-order valence-corrected chi connectivity index (χ0v) is 24.6. The van der Waals surface area contributed by atoms with E-state index in [0.717, 1.165) is 66.2 Å². The first-order valence-corrected chi connectivity index (χ1v) is 14.6. The molecule has 2 aliphatic rings. The Labute approximate surface area is 247 Å². The molecule has 1 unspecified atom stereocenters. The molecular formula is C33H41N3O6. The molecule has 0 bridgehead atoms. The lowest BCUT2D eigenvalue weighted by molar-refractivity contribution is -0.253. The van der Waals surface area contributed by atoms with Crippen LogP contribution in [0.25, 0.3) is 0 Å². The van der Waals surface area contributed by atoms with Crippen molar-refractivity contribution in [3.05, 3.63) is 94.0 Å². The summed E-state index contributed by atoms with van der Waals surface area (Å²) in [7, 11) is 3.34. The number of urea groups is 1. The molecule has 0 spiro atoms. The van der Waals surface area contributed by atoms with Crippen LogP contribution in [0.4, 0.5) is 4.79 Å². The molecule has 0 aliphatic carbocycles. The molecule has 1 fully saturated rings. The van der Waals surface area contributed by atoms with Crippen LogP contribution in [0.2, 0.25) is 0 Å². The molecule has 2 heterocycles. The monoisotopic (exact) mass is 575 g/mol. The number of hydrogen-bond acceptors (Lipinski definition) is 7. The lowest BCUT2D eigenvalue weighted by Crippen LogP contribution is -2.41. The maximum Gasteiger partial charge on any atom is 0.315 e. The lowest BCUT2D eigenvalue weighted by atomic mass is 9.97. The first-order valence-electron chi connectivity index (χ1n) is 14.6. The van der Waals surface area contributed by atoms with Crippen molar-refractivity contribution in [2.75, 3.05) is 33.9 Å². The molecule has 5 rings (SSSR count). The van der Waals surface area contributed by atoms with Crippen LogP contribution in [0.15, 0.2) is 60.7 Å². The Morgan fingerprint density at radius 3 is 2.26 bits per heavy atom. The molecule has 0 saturated carbocycles. The predicted octanol–water partition coefficient (Wildman–Crippen LogP) is 4.62. The highest BCUT2D eigenvalue weighted by Crippen LogP contribution is 2.39. The molecule has 2 aliphatic heterocycles. The second-order valence-electron chi connectivity index (χ2n) is 10.8. The van der Waals surface area contributed by atoms with Gasteiger partial charge in [-0.05, 0) is 53.3 Å². The number of fused-ring (bicyclic) bond motifs is 1.